The van der Waals surface area contributed by atoms with Crippen LogP contribution >= 0.6 is 0 Å². The predicted octanol–water partition coefficient (Wildman–Crippen LogP) is 15.1. The third-order valence-corrected chi connectivity index (χ3v) is 12.7. The molecule has 0 atom stereocenters. The lowest BCUT2D eigenvalue weighted by molar-refractivity contribution is 0.512. The molecule has 5 nitrogen and oxygen atoms in total. The quantitative estimate of drug-likeness (QED) is 0.115. The number of hydrogen-bond donors (Lipinski definition) is 0. The summed E-state index contributed by atoms with van der Waals surface area (Å²) in [5.41, 5.74) is 10.8. The molecule has 10 rings (SSSR count). The Morgan fingerprint density at radius 1 is 0.507 bits per heavy atom. The average Bonchev–Trinajstić information content (AvgIpc) is 3.76. The summed E-state index contributed by atoms with van der Waals surface area (Å²) < 4.78 is 54.0. The molecule has 0 fully saturated rings. The molecule has 0 unspecified atom stereocenters. The number of aryl methyl sites for hydroxylation is 2. The number of nitriles is 1. The Bertz CT molecular complexity index is 3510. The van der Waals surface area contributed by atoms with Gasteiger partial charge in [0, 0.05) is 57.1 Å². The van der Waals surface area contributed by atoms with Gasteiger partial charge in [0.25, 0.3) is 0 Å². The lowest BCUT2D eigenvalue weighted by Crippen LogP contribution is -2.23. The van der Waals surface area contributed by atoms with Crippen LogP contribution in [0.5, 0.6) is 0 Å². The zero-order valence-corrected chi connectivity index (χ0v) is 38.0. The van der Waals surface area contributed by atoms with Gasteiger partial charge in [0.1, 0.15) is 11.2 Å². The number of hydrogen-bond acceptors (Lipinski definition) is 5. The summed E-state index contributed by atoms with van der Waals surface area (Å²) in [6.45, 7) is 8.64. The van der Waals surface area contributed by atoms with Crippen LogP contribution in [-0.4, -0.2) is 15.0 Å². The van der Waals surface area contributed by atoms with Gasteiger partial charge in [-0.1, -0.05) is 167 Å². The molecule has 4 aromatic heterocycles. The fourth-order valence-corrected chi connectivity index (χ4v) is 9.15. The van der Waals surface area contributed by atoms with Gasteiger partial charge < -0.3 is 4.42 Å². The molecule has 10 aromatic rings. The predicted molar refractivity (Wildman–Crippen MR) is 274 cm³/mol. The van der Waals surface area contributed by atoms with Crippen LogP contribution in [0.3, 0.4) is 0 Å². The first-order valence-corrected chi connectivity index (χ1v) is 22.6. The Labute approximate surface area is 400 Å². The highest BCUT2D eigenvalue weighted by atomic mass is 16.3. The molecule has 67 heavy (non-hydrogen) atoms. The van der Waals surface area contributed by atoms with Gasteiger partial charge in [-0.15, -0.1) is 0 Å². The fourth-order valence-electron chi connectivity index (χ4n) is 9.15. The van der Waals surface area contributed by atoms with E-state index in [1.807, 2.05) is 146 Å². The van der Waals surface area contributed by atoms with E-state index >= 15 is 0 Å². The maximum absolute atomic E-state index is 10.1. The summed E-state index contributed by atoms with van der Waals surface area (Å²) in [4.78, 5) is 14.4. The van der Waals surface area contributed by atoms with Crippen molar-refractivity contribution in [1.82, 2.24) is 15.0 Å². The molecule has 6 aromatic carbocycles. The van der Waals surface area contributed by atoms with Gasteiger partial charge in [0.15, 0.2) is 0 Å². The molecule has 5 heteroatoms. The second-order valence-corrected chi connectivity index (χ2v) is 18.5. The monoisotopic (exact) mass is 873 g/mol. The molecular weight excluding hydrogens is 817 g/mol. The molecule has 4 heterocycles. The van der Waals surface area contributed by atoms with E-state index < -0.39 is 23.6 Å². The summed E-state index contributed by atoms with van der Waals surface area (Å²) in [6.07, 6.45) is 1.31. The molecule has 0 saturated heterocycles. The van der Waals surface area contributed by atoms with Crippen molar-refractivity contribution < 1.29 is 11.3 Å². The molecule has 0 N–H and O–H groups in total. The highest BCUT2D eigenvalue weighted by Crippen LogP contribution is 2.41. The molecule has 0 bridgehead atoms. The second-order valence-electron chi connectivity index (χ2n) is 18.5. The van der Waals surface area contributed by atoms with Crippen molar-refractivity contribution in [1.29, 1.82) is 5.26 Å². The second kappa shape index (κ2) is 18.1. The molecule has 0 aliphatic heterocycles. The van der Waals surface area contributed by atoms with Crippen molar-refractivity contribution in [2.45, 2.75) is 64.1 Å². The van der Waals surface area contributed by atoms with Gasteiger partial charge in [-0.3, -0.25) is 15.0 Å². The van der Waals surface area contributed by atoms with Crippen molar-refractivity contribution >= 4 is 21.9 Å². The van der Waals surface area contributed by atoms with E-state index in [9.17, 15) is 10.7 Å². The number of aromatic nitrogens is 3. The summed E-state index contributed by atoms with van der Waals surface area (Å²) in [7, 11) is 0. The third kappa shape index (κ3) is 9.04. The van der Waals surface area contributed by atoms with E-state index in [1.54, 1.807) is 18.2 Å². The molecule has 326 valence electrons. The van der Waals surface area contributed by atoms with Gasteiger partial charge in [-0.05, 0) is 112 Å². The van der Waals surface area contributed by atoms with E-state index in [2.05, 4.69) is 52.0 Å². The van der Waals surface area contributed by atoms with Crippen molar-refractivity contribution in [3.8, 4) is 51.0 Å². The van der Waals surface area contributed by atoms with E-state index in [0.717, 1.165) is 55.7 Å². The Balaban J connectivity index is 0.998. The van der Waals surface area contributed by atoms with Gasteiger partial charge in [0.2, 0.25) is 0 Å². The van der Waals surface area contributed by atoms with E-state index in [0.29, 0.717) is 46.2 Å². The Morgan fingerprint density at radius 2 is 1.01 bits per heavy atom. The summed E-state index contributed by atoms with van der Waals surface area (Å²) in [6, 6.07) is 56.6. The van der Waals surface area contributed by atoms with Crippen LogP contribution in [0.2, 0.25) is 0 Å². The molecule has 0 spiro atoms. The number of nitrogens with zero attached hydrogens (tertiary/aromatic N) is 4. The fraction of sp³-hybridized carbons (Fsp3) is 0.161. The minimum absolute atomic E-state index is 0.0821. The maximum atomic E-state index is 10.1. The Kier molecular flexibility index (Phi) is 10.1. The van der Waals surface area contributed by atoms with Gasteiger partial charge in [-0.25, -0.2) is 0 Å². The zero-order chi connectivity index (χ0) is 50.4. The molecule has 0 saturated carbocycles. The normalized spacial score (nSPS) is 13.3. The number of rotatable bonds is 13. The van der Waals surface area contributed by atoms with E-state index in [1.165, 1.54) is 6.20 Å². The first-order chi connectivity index (χ1) is 34.5. The largest absolute Gasteiger partial charge is 0.455 e. The van der Waals surface area contributed by atoms with Crippen LogP contribution in [0.1, 0.15) is 73.5 Å². The lowest BCUT2D eigenvalue weighted by atomic mass is 9.77. The minimum atomic E-state index is -2.53. The number of pyridine rings is 3. The third-order valence-electron chi connectivity index (χ3n) is 12.7. The minimum Gasteiger partial charge on any atom is -0.455 e. The smallest absolute Gasteiger partial charge is 0.144 e. The SMILES string of the molecule is [2H]c1cc2c(oc3c(-c4ccc(C([2H])([2H])C([2H])([2H])c5cc(CC(C)(C)c6ccc(-c7ccccc7)nc6)cc(CC(C)(C)c6ccc(-c7ccccc7)nc6)c5)cn4)cccc32)c(-c2ccccc2)c1C#N. The molecule has 0 aliphatic carbocycles. The number of furan rings is 1. The van der Waals surface area contributed by atoms with Gasteiger partial charge in [-0.2, -0.15) is 5.26 Å². The molecule has 0 amide bonds. The maximum Gasteiger partial charge on any atom is 0.144 e. The van der Waals surface area contributed by atoms with E-state index in [-0.39, 0.29) is 22.7 Å². The van der Waals surface area contributed by atoms with Crippen LogP contribution in [0, 0.1) is 11.3 Å². The first-order valence-electron chi connectivity index (χ1n) is 25.1. The standard InChI is InChI=1S/C62H52N4O/c1-61(2,50-27-31-55(65-40-50)46-15-8-5-9-16-46)36-44-33-43(34-45(35-44)37-62(3,4)51-28-32-56(66-41-51)47-17-10-6-11-18-47)24-23-42-25-30-57(64-39-42)54-22-14-21-52-53-29-26-49(38-63)58(60(53)67-59(52)54)48-19-12-7-13-20-48/h5-22,25-35,39-41H,23-24,36-37H2,1-4H3/i23D2,24D2,26D. The summed E-state index contributed by atoms with van der Waals surface area (Å²) >= 11 is 0. The summed E-state index contributed by atoms with van der Waals surface area (Å²) in [5, 5.41) is 11.6. The van der Waals surface area contributed by atoms with Crippen LogP contribution < -0.4 is 0 Å². The number of para-hydroxylation sites is 1. The zero-order valence-electron chi connectivity index (χ0n) is 43.0. The molecular formula is C62H52N4O. The highest BCUT2D eigenvalue weighted by Gasteiger charge is 2.26. The van der Waals surface area contributed by atoms with Crippen molar-refractivity contribution in [2.75, 3.05) is 0 Å². The highest BCUT2D eigenvalue weighted by molar-refractivity contribution is 6.13. The lowest BCUT2D eigenvalue weighted by Gasteiger charge is -2.28. The Morgan fingerprint density at radius 3 is 1.54 bits per heavy atom. The topological polar surface area (TPSA) is 75.6 Å². The van der Waals surface area contributed by atoms with Crippen LogP contribution in [0.15, 0.2) is 199 Å². The molecule has 0 radical (unpaired) electrons. The van der Waals surface area contributed by atoms with Gasteiger partial charge >= 0.3 is 0 Å². The van der Waals surface area contributed by atoms with Crippen molar-refractivity contribution in [3.63, 3.8) is 0 Å². The number of fused-ring (bicyclic) bond motifs is 3. The van der Waals surface area contributed by atoms with E-state index in [4.69, 9.17) is 20.7 Å². The van der Waals surface area contributed by atoms with Crippen LogP contribution in [0.4, 0.5) is 0 Å². The average molecular weight is 874 g/mol. The van der Waals surface area contributed by atoms with Crippen molar-refractivity contribution in [2.24, 2.45) is 0 Å². The van der Waals surface area contributed by atoms with Crippen LogP contribution in [-0.2, 0) is 36.4 Å². The van der Waals surface area contributed by atoms with Gasteiger partial charge in [0.05, 0.1) is 30.1 Å². The van der Waals surface area contributed by atoms with Crippen molar-refractivity contribution in [3.05, 3.63) is 233 Å². The van der Waals surface area contributed by atoms with Crippen LogP contribution in [0.25, 0.3) is 66.8 Å². The molecule has 0 aliphatic rings. The number of benzene rings is 6. The Hall–Kier alpha value is -7.94. The first kappa shape index (κ1) is 37.3. The summed E-state index contributed by atoms with van der Waals surface area (Å²) in [5.74, 6) is 0.